The molecule has 82 valence electrons. The van der Waals surface area contributed by atoms with Crippen molar-refractivity contribution in [3.8, 4) is 0 Å². The van der Waals surface area contributed by atoms with E-state index in [4.69, 9.17) is 0 Å². The van der Waals surface area contributed by atoms with Crippen molar-refractivity contribution in [3.63, 3.8) is 0 Å². The molecular formula is C16H14N+. The number of nitrogens with zero attached hydrogens (tertiary/aromatic N) is 1. The summed E-state index contributed by atoms with van der Waals surface area (Å²) in [4.78, 5) is 0. The highest BCUT2D eigenvalue weighted by molar-refractivity contribution is 5.65. The summed E-state index contributed by atoms with van der Waals surface area (Å²) in [6.07, 6.45) is 8.59. The van der Waals surface area contributed by atoms with Crippen LogP contribution in [0.5, 0.6) is 0 Å². The highest BCUT2D eigenvalue weighted by atomic mass is 15.3. The first-order valence-electron chi connectivity index (χ1n) is 5.78. The highest BCUT2D eigenvalue weighted by Crippen LogP contribution is 2.37. The van der Waals surface area contributed by atoms with E-state index < -0.39 is 0 Å². The Morgan fingerprint density at radius 1 is 0.529 bits per heavy atom. The van der Waals surface area contributed by atoms with Gasteiger partial charge in [-0.05, 0) is 12.2 Å². The summed E-state index contributed by atoms with van der Waals surface area (Å²) in [7, 11) is 0. The fourth-order valence-corrected chi connectivity index (χ4v) is 2.26. The van der Waals surface area contributed by atoms with Gasteiger partial charge in [-0.15, -0.1) is 0 Å². The molecule has 0 atom stereocenters. The molecule has 2 aromatic rings. The largest absolute Gasteiger partial charge is 0.207 e. The number of rotatable bonds is 2. The molecule has 3 rings (SSSR count). The molecule has 1 heteroatoms. The zero-order chi connectivity index (χ0) is 11.6. The van der Waals surface area contributed by atoms with E-state index in [0.717, 1.165) is 0 Å². The van der Waals surface area contributed by atoms with E-state index in [-0.39, 0.29) is 0 Å². The Kier molecular flexibility index (Phi) is 2.39. The van der Waals surface area contributed by atoms with Crippen LogP contribution >= 0.6 is 0 Å². The molecule has 0 aromatic heterocycles. The molecule has 1 nitrogen and oxygen atoms in total. The lowest BCUT2D eigenvalue weighted by molar-refractivity contribution is 0.684. The minimum atomic E-state index is 0.668. The molecule has 0 saturated carbocycles. The summed E-state index contributed by atoms with van der Waals surface area (Å²) in [6.45, 7) is 0. The van der Waals surface area contributed by atoms with Gasteiger partial charge in [-0.1, -0.05) is 36.4 Å². The van der Waals surface area contributed by atoms with Gasteiger partial charge >= 0.3 is 0 Å². The molecule has 1 aliphatic rings. The molecule has 0 radical (unpaired) electrons. The SMILES string of the molecule is C1=C[N+](c2ccccc2)(c2ccccc2)C=C1. The van der Waals surface area contributed by atoms with Crippen LogP contribution in [0.15, 0.2) is 85.2 Å². The first-order valence-corrected chi connectivity index (χ1v) is 5.78. The van der Waals surface area contributed by atoms with E-state index in [1.807, 2.05) is 0 Å². The zero-order valence-electron chi connectivity index (χ0n) is 9.53. The molecule has 0 saturated heterocycles. The number of hydrogen-bond acceptors (Lipinski definition) is 0. The van der Waals surface area contributed by atoms with Gasteiger partial charge in [0.05, 0.1) is 0 Å². The standard InChI is InChI=1S/C16H14N/c1-3-9-15(10-4-1)17(13-7-8-14-17)16-11-5-2-6-12-16/h1-14H/q+1. The van der Waals surface area contributed by atoms with Crippen molar-refractivity contribution in [2.45, 2.75) is 0 Å². The number of quaternary nitrogens is 1. The monoisotopic (exact) mass is 220 g/mol. The average Bonchev–Trinajstić information content (AvgIpc) is 2.91. The first kappa shape index (κ1) is 10.1. The lowest BCUT2D eigenvalue weighted by Crippen LogP contribution is -2.29. The molecule has 0 amide bonds. The predicted octanol–water partition coefficient (Wildman–Crippen LogP) is 4.37. The van der Waals surface area contributed by atoms with Crippen molar-refractivity contribution in [1.29, 1.82) is 0 Å². The Bertz CT molecular complexity index is 499. The summed E-state index contributed by atoms with van der Waals surface area (Å²) in [5.41, 5.74) is 2.51. The van der Waals surface area contributed by atoms with Crippen LogP contribution in [-0.4, -0.2) is 0 Å². The van der Waals surface area contributed by atoms with Crippen LogP contribution in [0.1, 0.15) is 0 Å². The lowest BCUT2D eigenvalue weighted by Gasteiger charge is -2.27. The maximum Gasteiger partial charge on any atom is 0.147 e. The molecule has 1 aliphatic heterocycles. The van der Waals surface area contributed by atoms with Gasteiger partial charge in [-0.2, -0.15) is 0 Å². The fraction of sp³-hybridized carbons (Fsp3) is 0. The molecule has 1 heterocycles. The van der Waals surface area contributed by atoms with E-state index >= 15 is 0 Å². The molecule has 0 N–H and O–H groups in total. The van der Waals surface area contributed by atoms with Gasteiger partial charge in [-0.25, -0.2) is 4.48 Å². The lowest BCUT2D eigenvalue weighted by atomic mass is 10.2. The van der Waals surface area contributed by atoms with Crippen LogP contribution in [0.25, 0.3) is 0 Å². The van der Waals surface area contributed by atoms with Crippen molar-refractivity contribution in [1.82, 2.24) is 4.48 Å². The average molecular weight is 220 g/mol. The maximum atomic E-state index is 2.20. The summed E-state index contributed by atoms with van der Waals surface area (Å²) >= 11 is 0. The third kappa shape index (κ3) is 1.61. The van der Waals surface area contributed by atoms with E-state index in [0.29, 0.717) is 4.48 Å². The zero-order valence-corrected chi connectivity index (χ0v) is 9.53. The summed E-state index contributed by atoms with van der Waals surface area (Å²) in [6, 6.07) is 21.1. The van der Waals surface area contributed by atoms with Gasteiger partial charge in [0, 0.05) is 24.3 Å². The quantitative estimate of drug-likeness (QED) is 0.659. The summed E-state index contributed by atoms with van der Waals surface area (Å²) < 4.78 is 0.668. The van der Waals surface area contributed by atoms with Crippen LogP contribution in [-0.2, 0) is 0 Å². The van der Waals surface area contributed by atoms with Gasteiger partial charge in [0.25, 0.3) is 0 Å². The highest BCUT2D eigenvalue weighted by Gasteiger charge is 2.30. The van der Waals surface area contributed by atoms with E-state index in [2.05, 4.69) is 85.2 Å². The van der Waals surface area contributed by atoms with Gasteiger partial charge in [0.15, 0.2) is 0 Å². The Morgan fingerprint density at radius 3 is 1.35 bits per heavy atom. The minimum Gasteiger partial charge on any atom is -0.207 e. The maximum absolute atomic E-state index is 2.20. The topological polar surface area (TPSA) is 0 Å². The smallest absolute Gasteiger partial charge is 0.147 e. The van der Waals surface area contributed by atoms with E-state index in [1.54, 1.807) is 0 Å². The fourth-order valence-electron chi connectivity index (χ4n) is 2.26. The Balaban J connectivity index is 2.19. The van der Waals surface area contributed by atoms with Crippen LogP contribution < -0.4 is 4.48 Å². The third-order valence-electron chi connectivity index (χ3n) is 3.12. The number of benzene rings is 2. The van der Waals surface area contributed by atoms with Gasteiger partial charge < -0.3 is 0 Å². The molecule has 0 unspecified atom stereocenters. The Hall–Kier alpha value is -2.12. The Labute approximate surface area is 102 Å². The second kappa shape index (κ2) is 4.04. The molecule has 2 aromatic carbocycles. The molecule has 0 spiro atoms. The van der Waals surface area contributed by atoms with Crippen molar-refractivity contribution < 1.29 is 0 Å². The molecule has 0 aliphatic carbocycles. The van der Waals surface area contributed by atoms with Crippen LogP contribution in [0.3, 0.4) is 0 Å². The van der Waals surface area contributed by atoms with E-state index in [9.17, 15) is 0 Å². The summed E-state index contributed by atoms with van der Waals surface area (Å²) in [5.74, 6) is 0. The van der Waals surface area contributed by atoms with Crippen molar-refractivity contribution in [2.75, 3.05) is 0 Å². The third-order valence-corrected chi connectivity index (χ3v) is 3.12. The normalized spacial score (nSPS) is 16.2. The number of hydrogen-bond donors (Lipinski definition) is 0. The van der Waals surface area contributed by atoms with Gasteiger partial charge in [0.1, 0.15) is 23.8 Å². The van der Waals surface area contributed by atoms with Crippen LogP contribution in [0, 0.1) is 0 Å². The predicted molar refractivity (Wildman–Crippen MR) is 72.6 cm³/mol. The molecule has 0 bridgehead atoms. The Morgan fingerprint density at radius 2 is 0.941 bits per heavy atom. The van der Waals surface area contributed by atoms with Gasteiger partial charge in [0.2, 0.25) is 0 Å². The molecule has 17 heavy (non-hydrogen) atoms. The number of allylic oxidation sites excluding steroid dienone is 2. The van der Waals surface area contributed by atoms with Crippen molar-refractivity contribution >= 4 is 11.4 Å². The minimum absolute atomic E-state index is 0.668. The summed E-state index contributed by atoms with van der Waals surface area (Å²) in [5, 5.41) is 0. The molecular weight excluding hydrogens is 206 g/mol. The van der Waals surface area contributed by atoms with E-state index in [1.165, 1.54) is 11.4 Å². The van der Waals surface area contributed by atoms with Crippen molar-refractivity contribution in [2.24, 2.45) is 0 Å². The second-order valence-corrected chi connectivity index (χ2v) is 4.13. The first-order chi connectivity index (χ1) is 8.42. The molecule has 0 fully saturated rings. The van der Waals surface area contributed by atoms with Crippen molar-refractivity contribution in [3.05, 3.63) is 85.2 Å². The van der Waals surface area contributed by atoms with Crippen LogP contribution in [0.4, 0.5) is 11.4 Å². The number of para-hydroxylation sites is 2. The second-order valence-electron chi connectivity index (χ2n) is 4.13. The van der Waals surface area contributed by atoms with Crippen LogP contribution in [0.2, 0.25) is 0 Å². The van der Waals surface area contributed by atoms with Gasteiger partial charge in [-0.3, -0.25) is 0 Å².